The van der Waals surface area contributed by atoms with Gasteiger partial charge in [0.05, 0.1) is 0 Å². The third kappa shape index (κ3) is 1.14. The Morgan fingerprint density at radius 3 is 2.30 bits per heavy atom. The van der Waals surface area contributed by atoms with Crippen molar-refractivity contribution >= 4 is 4.02 Å². The van der Waals surface area contributed by atoms with Crippen molar-refractivity contribution < 1.29 is 19.4 Å². The summed E-state index contributed by atoms with van der Waals surface area (Å²) in [6.45, 7) is 0. The zero-order valence-corrected chi connectivity index (χ0v) is 9.08. The third-order valence-corrected chi connectivity index (χ3v) is 3.87. The van der Waals surface area contributed by atoms with Crippen molar-refractivity contribution in [3.8, 4) is 0 Å². The summed E-state index contributed by atoms with van der Waals surface area (Å²) < 4.78 is 1.60. The first-order chi connectivity index (χ1) is 4.81. The van der Waals surface area contributed by atoms with E-state index >= 15 is 0 Å². The Kier molecular flexibility index (Phi) is 1.82. The molecule has 10 heavy (non-hydrogen) atoms. The van der Waals surface area contributed by atoms with Crippen LogP contribution in [0.1, 0.15) is 38.5 Å². The van der Waals surface area contributed by atoms with Crippen molar-refractivity contribution in [1.82, 2.24) is 5.32 Å². The molecule has 0 unspecified atom stereocenters. The van der Waals surface area contributed by atoms with Gasteiger partial charge in [0.1, 0.15) is 0 Å². The maximum absolute atomic E-state index is 3.68. The second kappa shape index (κ2) is 2.53. The zero-order valence-electron chi connectivity index (χ0n) is 6.15. The van der Waals surface area contributed by atoms with Crippen LogP contribution in [0.2, 0.25) is 0 Å². The third-order valence-electron chi connectivity index (χ3n) is 2.77. The van der Waals surface area contributed by atoms with Crippen molar-refractivity contribution in [3.63, 3.8) is 0 Å². The van der Waals surface area contributed by atoms with Gasteiger partial charge in [-0.25, -0.2) is 0 Å². The van der Waals surface area contributed by atoms with E-state index in [0.717, 1.165) is 0 Å². The van der Waals surface area contributed by atoms with Crippen LogP contribution < -0.4 is 5.32 Å². The summed E-state index contributed by atoms with van der Waals surface area (Å²) >= 11 is 1.65. The first-order valence-electron chi connectivity index (χ1n) is 4.12. The molecular formula is C8H13NW. The van der Waals surface area contributed by atoms with Crippen LogP contribution in [0, 0.1) is 0 Å². The average Bonchev–Trinajstić information content (AvgIpc) is 1.85. The van der Waals surface area contributed by atoms with Crippen LogP contribution in [-0.4, -0.2) is 9.56 Å². The van der Waals surface area contributed by atoms with Crippen molar-refractivity contribution in [3.05, 3.63) is 0 Å². The van der Waals surface area contributed by atoms with Crippen LogP contribution in [0.15, 0.2) is 0 Å². The Hall–Kier alpha value is 0.518. The molecule has 0 aromatic heterocycles. The molecule has 1 N–H and O–H groups in total. The Morgan fingerprint density at radius 1 is 1.20 bits per heavy atom. The molecule has 0 aromatic rings. The standard InChI is InChI=1S/C8H13N.W/c1-2-7-9-8(4-1)5-3-6-8;/h9H,1-6H2;. The van der Waals surface area contributed by atoms with Gasteiger partial charge >= 0.3 is 72.8 Å². The van der Waals surface area contributed by atoms with E-state index in [0.29, 0.717) is 5.54 Å². The van der Waals surface area contributed by atoms with E-state index < -0.39 is 0 Å². The fourth-order valence-corrected chi connectivity index (χ4v) is 3.28. The number of hydrogen-bond donors (Lipinski definition) is 1. The van der Waals surface area contributed by atoms with Gasteiger partial charge in [0, 0.05) is 0 Å². The Bertz CT molecular complexity index is 161. The summed E-state index contributed by atoms with van der Waals surface area (Å²) in [7, 11) is 0. The summed E-state index contributed by atoms with van der Waals surface area (Å²) in [5, 5.41) is 3.68. The van der Waals surface area contributed by atoms with E-state index in [1.165, 1.54) is 38.5 Å². The normalized spacial score (nSPS) is 30.2. The van der Waals surface area contributed by atoms with E-state index in [1.807, 2.05) is 0 Å². The molecule has 0 amide bonds. The van der Waals surface area contributed by atoms with E-state index in [2.05, 4.69) is 5.32 Å². The van der Waals surface area contributed by atoms with E-state index in [-0.39, 0.29) is 0 Å². The molecule has 2 aliphatic rings. The first-order valence-corrected chi connectivity index (χ1v) is 5.59. The van der Waals surface area contributed by atoms with Crippen LogP contribution in [0.4, 0.5) is 0 Å². The van der Waals surface area contributed by atoms with E-state index in [1.54, 1.807) is 23.4 Å². The number of nitrogens with one attached hydrogen (secondary N) is 1. The van der Waals surface area contributed by atoms with Crippen LogP contribution >= 0.6 is 0 Å². The molecule has 1 nitrogen and oxygen atoms in total. The summed E-state index contributed by atoms with van der Waals surface area (Å²) in [6, 6.07) is 0. The molecule has 2 rings (SSSR count). The minimum absolute atomic E-state index is 0.606. The first kappa shape index (κ1) is 7.18. The van der Waals surface area contributed by atoms with Gasteiger partial charge in [-0.15, -0.1) is 0 Å². The molecule has 2 fully saturated rings. The summed E-state index contributed by atoms with van der Waals surface area (Å²) in [5.74, 6) is 0. The quantitative estimate of drug-likeness (QED) is 0.712. The van der Waals surface area contributed by atoms with Gasteiger partial charge in [-0.1, -0.05) is 0 Å². The van der Waals surface area contributed by atoms with Gasteiger partial charge in [-0.3, -0.25) is 0 Å². The van der Waals surface area contributed by atoms with Crippen LogP contribution in [-0.2, 0) is 19.4 Å². The van der Waals surface area contributed by atoms with Crippen LogP contribution in [0.5, 0.6) is 0 Å². The topological polar surface area (TPSA) is 12.0 Å². The molecule has 0 bridgehead atoms. The predicted octanol–water partition coefficient (Wildman–Crippen LogP) is 1.36. The predicted molar refractivity (Wildman–Crippen MR) is 38.6 cm³/mol. The molecule has 1 heterocycles. The fraction of sp³-hybridized carbons (Fsp3) is 0.875. The Labute approximate surface area is 73.0 Å². The summed E-state index contributed by atoms with van der Waals surface area (Å²) in [5.41, 5.74) is 0.606. The second-order valence-corrected chi connectivity index (χ2v) is 5.31. The van der Waals surface area contributed by atoms with Crippen molar-refractivity contribution in [1.29, 1.82) is 0 Å². The summed E-state index contributed by atoms with van der Waals surface area (Å²) in [6.07, 6.45) is 8.54. The molecular weight excluding hydrogens is 294 g/mol. The van der Waals surface area contributed by atoms with Crippen LogP contribution in [0.3, 0.4) is 0 Å². The average molecular weight is 307 g/mol. The van der Waals surface area contributed by atoms with Crippen LogP contribution in [0.25, 0.3) is 0 Å². The van der Waals surface area contributed by atoms with Crippen molar-refractivity contribution in [2.75, 3.05) is 0 Å². The second-order valence-electron chi connectivity index (χ2n) is 3.54. The molecule has 0 atom stereocenters. The van der Waals surface area contributed by atoms with Crippen molar-refractivity contribution in [2.45, 2.75) is 44.1 Å². The SMILES string of the molecule is [W]=[C]1CCCC2(CCC2)N1. The van der Waals surface area contributed by atoms with E-state index in [4.69, 9.17) is 0 Å². The number of rotatable bonds is 0. The molecule has 0 aromatic carbocycles. The van der Waals surface area contributed by atoms with Gasteiger partial charge in [-0.2, -0.15) is 0 Å². The minimum atomic E-state index is 0.606. The maximum atomic E-state index is 3.68. The zero-order chi connectivity index (χ0) is 7.03. The Balaban J connectivity index is 2.02. The monoisotopic (exact) mass is 307 g/mol. The van der Waals surface area contributed by atoms with E-state index in [9.17, 15) is 0 Å². The molecule has 1 aliphatic heterocycles. The molecule has 1 saturated heterocycles. The number of hydrogen-bond acceptors (Lipinski definition) is 1. The number of piperidine rings is 1. The molecule has 0 radical (unpaired) electrons. The summed E-state index contributed by atoms with van der Waals surface area (Å²) in [4.78, 5) is 0. The molecule has 1 aliphatic carbocycles. The van der Waals surface area contributed by atoms with Gasteiger partial charge in [0.2, 0.25) is 0 Å². The fourth-order valence-electron chi connectivity index (χ4n) is 1.99. The molecule has 2 heteroatoms. The molecule has 56 valence electrons. The van der Waals surface area contributed by atoms with Crippen molar-refractivity contribution in [2.24, 2.45) is 0 Å². The molecule has 1 saturated carbocycles. The van der Waals surface area contributed by atoms with Gasteiger partial charge in [0.15, 0.2) is 0 Å². The molecule has 1 spiro atoms. The Morgan fingerprint density at radius 2 is 1.90 bits per heavy atom. The van der Waals surface area contributed by atoms with Gasteiger partial charge in [0.25, 0.3) is 0 Å². The van der Waals surface area contributed by atoms with Gasteiger partial charge < -0.3 is 0 Å². The van der Waals surface area contributed by atoms with Gasteiger partial charge in [-0.05, 0) is 0 Å².